The Kier molecular flexibility index (Phi) is 13.0. The van der Waals surface area contributed by atoms with Gasteiger partial charge in [-0.3, -0.25) is 4.99 Å². The molecule has 1 aromatic carbocycles. The molecule has 0 saturated heterocycles. The van der Waals surface area contributed by atoms with Crippen molar-refractivity contribution in [2.75, 3.05) is 45.7 Å². The van der Waals surface area contributed by atoms with Crippen LogP contribution in [-0.2, 0) is 11.3 Å². The molecule has 0 aliphatic rings. The van der Waals surface area contributed by atoms with Gasteiger partial charge < -0.3 is 19.9 Å². The molecule has 0 aliphatic carbocycles. The molecule has 0 aliphatic heterocycles. The SMILES string of the molecule is CCNC(=NCCCCN(C)c1ccccc1)N(C)Cc1csc(C(C)OC)n1.I. The first-order valence-electron chi connectivity index (χ1n) is 10.3. The number of unbranched alkanes of at least 4 members (excludes halogenated alkanes) is 1. The van der Waals surface area contributed by atoms with Gasteiger partial charge in [0.05, 0.1) is 12.2 Å². The smallest absolute Gasteiger partial charge is 0.194 e. The third-order valence-corrected chi connectivity index (χ3v) is 5.78. The first-order valence-corrected chi connectivity index (χ1v) is 11.2. The van der Waals surface area contributed by atoms with E-state index in [1.165, 1.54) is 5.69 Å². The van der Waals surface area contributed by atoms with Crippen LogP contribution < -0.4 is 10.2 Å². The normalized spacial score (nSPS) is 12.2. The van der Waals surface area contributed by atoms with Gasteiger partial charge in [-0.05, 0) is 38.8 Å². The van der Waals surface area contributed by atoms with Crippen molar-refractivity contribution in [3.05, 3.63) is 46.4 Å². The molecule has 1 N–H and O–H groups in total. The van der Waals surface area contributed by atoms with E-state index in [4.69, 9.17) is 9.73 Å². The van der Waals surface area contributed by atoms with Crippen LogP contribution in [0.4, 0.5) is 5.69 Å². The number of thiazole rings is 1. The van der Waals surface area contributed by atoms with E-state index in [0.717, 1.165) is 55.7 Å². The first-order chi connectivity index (χ1) is 14.0. The molecule has 1 heterocycles. The van der Waals surface area contributed by atoms with E-state index in [0.29, 0.717) is 0 Å². The second-order valence-electron chi connectivity index (χ2n) is 7.11. The summed E-state index contributed by atoms with van der Waals surface area (Å²) in [5, 5.41) is 6.50. The molecule has 0 saturated carbocycles. The predicted molar refractivity (Wildman–Crippen MR) is 139 cm³/mol. The largest absolute Gasteiger partial charge is 0.375 e. The number of aliphatic imine (C=N–C) groups is 1. The fourth-order valence-corrected chi connectivity index (χ4v) is 3.77. The minimum Gasteiger partial charge on any atom is -0.375 e. The summed E-state index contributed by atoms with van der Waals surface area (Å²) in [6.07, 6.45) is 2.21. The van der Waals surface area contributed by atoms with Gasteiger partial charge >= 0.3 is 0 Å². The van der Waals surface area contributed by atoms with Gasteiger partial charge in [-0.1, -0.05) is 18.2 Å². The molecule has 0 amide bonds. The molecule has 30 heavy (non-hydrogen) atoms. The lowest BCUT2D eigenvalue weighted by atomic mass is 10.2. The van der Waals surface area contributed by atoms with Crippen LogP contribution >= 0.6 is 35.3 Å². The zero-order valence-electron chi connectivity index (χ0n) is 18.8. The van der Waals surface area contributed by atoms with Gasteiger partial charge in [0.15, 0.2) is 5.96 Å². The highest BCUT2D eigenvalue weighted by atomic mass is 127. The average Bonchev–Trinajstić information content (AvgIpc) is 3.21. The Labute approximate surface area is 202 Å². The standard InChI is InChI=1S/C22H35N5OS.HI/c1-6-23-22(27(4)16-19-17-29-21(25-19)18(2)28-5)24-14-10-11-15-26(3)20-12-8-7-9-13-20;/h7-9,12-13,17-18H,6,10-11,14-16H2,1-5H3,(H,23,24);1H. The van der Waals surface area contributed by atoms with E-state index in [9.17, 15) is 0 Å². The second kappa shape index (κ2) is 14.6. The average molecular weight is 546 g/mol. The van der Waals surface area contributed by atoms with Crippen molar-refractivity contribution in [2.24, 2.45) is 4.99 Å². The lowest BCUT2D eigenvalue weighted by Gasteiger charge is -2.21. The number of aromatic nitrogens is 1. The molecule has 168 valence electrons. The number of halogens is 1. The van der Waals surface area contributed by atoms with E-state index in [2.05, 4.69) is 76.8 Å². The number of hydrogen-bond acceptors (Lipinski definition) is 5. The summed E-state index contributed by atoms with van der Waals surface area (Å²) in [5.41, 5.74) is 2.31. The van der Waals surface area contributed by atoms with Crippen LogP contribution in [0.3, 0.4) is 0 Å². The maximum Gasteiger partial charge on any atom is 0.194 e. The number of para-hydroxylation sites is 1. The number of ether oxygens (including phenoxy) is 1. The summed E-state index contributed by atoms with van der Waals surface area (Å²) in [4.78, 5) is 13.9. The Morgan fingerprint density at radius 2 is 1.97 bits per heavy atom. The van der Waals surface area contributed by atoms with E-state index < -0.39 is 0 Å². The van der Waals surface area contributed by atoms with Gasteiger partial charge in [0.1, 0.15) is 11.1 Å². The minimum absolute atomic E-state index is 0. The summed E-state index contributed by atoms with van der Waals surface area (Å²) < 4.78 is 5.36. The number of methoxy groups -OCH3 is 1. The van der Waals surface area contributed by atoms with Gasteiger partial charge in [0.25, 0.3) is 0 Å². The van der Waals surface area contributed by atoms with Crippen LogP contribution in [0.25, 0.3) is 0 Å². The quantitative estimate of drug-likeness (QED) is 0.191. The Bertz CT molecular complexity index is 740. The van der Waals surface area contributed by atoms with Gasteiger partial charge in [0.2, 0.25) is 0 Å². The maximum atomic E-state index is 5.36. The van der Waals surface area contributed by atoms with Crippen LogP contribution in [-0.4, -0.2) is 56.7 Å². The molecule has 0 bridgehead atoms. The lowest BCUT2D eigenvalue weighted by molar-refractivity contribution is 0.119. The molecule has 6 nitrogen and oxygen atoms in total. The topological polar surface area (TPSA) is 53.0 Å². The van der Waals surface area contributed by atoms with E-state index in [1.54, 1.807) is 18.4 Å². The van der Waals surface area contributed by atoms with Crippen LogP contribution in [0.2, 0.25) is 0 Å². The maximum absolute atomic E-state index is 5.36. The van der Waals surface area contributed by atoms with E-state index in [1.807, 2.05) is 6.92 Å². The van der Waals surface area contributed by atoms with Crippen LogP contribution in [0.5, 0.6) is 0 Å². The highest BCUT2D eigenvalue weighted by molar-refractivity contribution is 14.0. The van der Waals surface area contributed by atoms with Crippen molar-refractivity contribution in [1.29, 1.82) is 0 Å². The second-order valence-corrected chi connectivity index (χ2v) is 8.00. The van der Waals surface area contributed by atoms with Crippen molar-refractivity contribution >= 4 is 47.0 Å². The number of rotatable bonds is 11. The number of hydrogen-bond donors (Lipinski definition) is 1. The predicted octanol–water partition coefficient (Wildman–Crippen LogP) is 4.78. The molecule has 1 aromatic heterocycles. The molecule has 2 aromatic rings. The Morgan fingerprint density at radius 1 is 1.23 bits per heavy atom. The fourth-order valence-electron chi connectivity index (χ4n) is 2.93. The van der Waals surface area contributed by atoms with Crippen molar-refractivity contribution in [1.82, 2.24) is 15.2 Å². The summed E-state index contributed by atoms with van der Waals surface area (Å²) in [5.74, 6) is 0.929. The van der Waals surface area contributed by atoms with Crippen LogP contribution in [0.1, 0.15) is 43.5 Å². The fraction of sp³-hybridized carbons (Fsp3) is 0.545. The van der Waals surface area contributed by atoms with Crippen LogP contribution in [0, 0.1) is 0 Å². The number of benzene rings is 1. The molecule has 1 atom stereocenters. The minimum atomic E-state index is 0. The third kappa shape index (κ3) is 8.77. The van der Waals surface area contributed by atoms with E-state index in [-0.39, 0.29) is 30.1 Å². The molecule has 0 spiro atoms. The summed E-state index contributed by atoms with van der Waals surface area (Å²) in [6.45, 7) is 7.55. The van der Waals surface area contributed by atoms with Crippen molar-refractivity contribution in [2.45, 2.75) is 39.3 Å². The zero-order chi connectivity index (χ0) is 21.1. The number of anilines is 1. The molecule has 8 heteroatoms. The Hall–Kier alpha value is -1.39. The number of guanidine groups is 1. The Balaban J connectivity index is 0.00000450. The van der Waals surface area contributed by atoms with Gasteiger partial charge in [-0.2, -0.15) is 0 Å². The van der Waals surface area contributed by atoms with Crippen LogP contribution in [0.15, 0.2) is 40.7 Å². The Morgan fingerprint density at radius 3 is 2.63 bits per heavy atom. The molecule has 0 radical (unpaired) electrons. The summed E-state index contributed by atoms with van der Waals surface area (Å²) in [7, 11) is 5.91. The molecule has 0 fully saturated rings. The molecule has 1 unspecified atom stereocenters. The third-order valence-electron chi connectivity index (χ3n) is 4.73. The lowest BCUT2D eigenvalue weighted by Crippen LogP contribution is -2.38. The van der Waals surface area contributed by atoms with Gasteiger partial charge in [-0.15, -0.1) is 35.3 Å². The molecular weight excluding hydrogens is 509 g/mol. The molecule has 2 rings (SSSR count). The monoisotopic (exact) mass is 545 g/mol. The highest BCUT2D eigenvalue weighted by Crippen LogP contribution is 2.21. The van der Waals surface area contributed by atoms with Gasteiger partial charge in [0, 0.05) is 51.9 Å². The van der Waals surface area contributed by atoms with Crippen molar-refractivity contribution < 1.29 is 4.74 Å². The van der Waals surface area contributed by atoms with Crippen molar-refractivity contribution in [3.8, 4) is 0 Å². The summed E-state index contributed by atoms with van der Waals surface area (Å²) in [6, 6.07) is 10.5. The first kappa shape index (κ1) is 26.6. The summed E-state index contributed by atoms with van der Waals surface area (Å²) >= 11 is 1.65. The highest BCUT2D eigenvalue weighted by Gasteiger charge is 2.12. The van der Waals surface area contributed by atoms with E-state index >= 15 is 0 Å². The van der Waals surface area contributed by atoms with Gasteiger partial charge in [-0.25, -0.2) is 4.98 Å². The van der Waals surface area contributed by atoms with Crippen molar-refractivity contribution in [3.63, 3.8) is 0 Å². The number of nitrogens with one attached hydrogen (secondary N) is 1. The zero-order valence-corrected chi connectivity index (χ0v) is 21.9. The number of nitrogens with zero attached hydrogens (tertiary/aromatic N) is 4. The molecular formula is C22H36IN5OS.